The number of hydrogen-bond acceptors (Lipinski definition) is 4. The fourth-order valence-electron chi connectivity index (χ4n) is 1.81. The highest BCUT2D eigenvalue weighted by atomic mass is 79.9. The van der Waals surface area contributed by atoms with E-state index in [9.17, 15) is 9.18 Å². The Balaban J connectivity index is 1.81. The van der Waals surface area contributed by atoms with Crippen LogP contribution in [-0.2, 0) is 11.2 Å². The zero-order chi connectivity index (χ0) is 13.4. The molecule has 0 spiro atoms. The molecule has 1 aromatic heterocycles. The second-order valence-corrected chi connectivity index (χ2v) is 5.41. The van der Waals surface area contributed by atoms with Crippen LogP contribution in [0.15, 0.2) is 27.2 Å². The van der Waals surface area contributed by atoms with E-state index in [-0.39, 0.29) is 23.9 Å². The summed E-state index contributed by atoms with van der Waals surface area (Å²) in [4.78, 5) is 15.8. The van der Waals surface area contributed by atoms with Gasteiger partial charge in [0.2, 0.25) is 11.7 Å². The van der Waals surface area contributed by atoms with Gasteiger partial charge in [0.05, 0.1) is 6.42 Å². The van der Waals surface area contributed by atoms with Crippen molar-refractivity contribution in [3.05, 3.63) is 34.4 Å². The summed E-state index contributed by atoms with van der Waals surface area (Å²) < 4.78 is 18.6. The number of ketones is 1. The van der Waals surface area contributed by atoms with Crippen molar-refractivity contribution in [2.45, 2.75) is 19.3 Å². The minimum Gasteiger partial charge on any atom is -0.338 e. The number of nitrogens with zero attached hydrogens (tertiary/aromatic N) is 2. The molecule has 3 rings (SSSR count). The molecule has 1 aliphatic carbocycles. The van der Waals surface area contributed by atoms with Gasteiger partial charge in [-0.1, -0.05) is 5.16 Å². The molecule has 0 atom stereocenters. The van der Waals surface area contributed by atoms with E-state index in [1.54, 1.807) is 6.07 Å². The van der Waals surface area contributed by atoms with Gasteiger partial charge in [0.1, 0.15) is 11.6 Å². The third-order valence-corrected chi connectivity index (χ3v) is 3.65. The number of benzene rings is 1. The molecule has 4 nitrogen and oxygen atoms in total. The van der Waals surface area contributed by atoms with Crippen LogP contribution in [0.2, 0.25) is 0 Å². The lowest BCUT2D eigenvalue weighted by molar-refractivity contribution is -0.119. The molecule has 6 heteroatoms. The first-order valence-electron chi connectivity index (χ1n) is 5.94. The maximum atomic E-state index is 13.0. The van der Waals surface area contributed by atoms with Gasteiger partial charge in [0, 0.05) is 16.0 Å². The van der Waals surface area contributed by atoms with Gasteiger partial charge in [-0.25, -0.2) is 4.39 Å². The molecule has 1 aliphatic rings. The van der Waals surface area contributed by atoms with E-state index in [2.05, 4.69) is 26.1 Å². The smallest absolute Gasteiger partial charge is 0.234 e. The van der Waals surface area contributed by atoms with Crippen LogP contribution in [0.5, 0.6) is 0 Å². The first kappa shape index (κ1) is 12.5. The van der Waals surface area contributed by atoms with Crippen LogP contribution < -0.4 is 0 Å². The summed E-state index contributed by atoms with van der Waals surface area (Å²) in [6.07, 6.45) is 2.10. The van der Waals surface area contributed by atoms with Gasteiger partial charge in [-0.2, -0.15) is 4.98 Å². The molecule has 0 aliphatic heterocycles. The molecule has 98 valence electrons. The highest BCUT2D eigenvalue weighted by Crippen LogP contribution is 2.31. The molecule has 19 heavy (non-hydrogen) atoms. The highest BCUT2D eigenvalue weighted by Gasteiger charge is 2.30. The second kappa shape index (κ2) is 4.85. The summed E-state index contributed by atoms with van der Waals surface area (Å²) in [7, 11) is 0. The monoisotopic (exact) mass is 324 g/mol. The van der Waals surface area contributed by atoms with Crippen molar-refractivity contribution in [1.82, 2.24) is 10.1 Å². The summed E-state index contributed by atoms with van der Waals surface area (Å²) in [6, 6.07) is 4.23. The van der Waals surface area contributed by atoms with Gasteiger partial charge in [-0.15, -0.1) is 0 Å². The Bertz CT molecular complexity index is 637. The van der Waals surface area contributed by atoms with Crippen molar-refractivity contribution in [3.8, 4) is 11.4 Å². The minimum atomic E-state index is -0.344. The van der Waals surface area contributed by atoms with Crippen LogP contribution in [0, 0.1) is 11.7 Å². The summed E-state index contributed by atoms with van der Waals surface area (Å²) in [5.74, 6) is 0.637. The zero-order valence-corrected chi connectivity index (χ0v) is 11.5. The van der Waals surface area contributed by atoms with Gasteiger partial charge < -0.3 is 4.52 Å². The molecule has 1 fully saturated rings. The normalized spacial score (nSPS) is 14.6. The number of aromatic nitrogens is 2. The minimum absolute atomic E-state index is 0.147. The van der Waals surface area contributed by atoms with E-state index in [1.807, 2.05) is 0 Å². The van der Waals surface area contributed by atoms with Crippen LogP contribution in [0.1, 0.15) is 18.7 Å². The van der Waals surface area contributed by atoms with Crippen LogP contribution >= 0.6 is 15.9 Å². The molecule has 0 saturated heterocycles. The van der Waals surface area contributed by atoms with Crippen LogP contribution in [0.25, 0.3) is 11.4 Å². The van der Waals surface area contributed by atoms with Gasteiger partial charge in [-0.3, -0.25) is 4.79 Å². The summed E-state index contributed by atoms with van der Waals surface area (Å²) >= 11 is 3.25. The molecular weight excluding hydrogens is 315 g/mol. The Morgan fingerprint density at radius 3 is 2.95 bits per heavy atom. The number of Topliss-reactive ketones (excluding diaryl/α,β-unsaturated/α-hetero) is 1. The van der Waals surface area contributed by atoms with Crippen molar-refractivity contribution in [3.63, 3.8) is 0 Å². The molecule has 1 aromatic carbocycles. The van der Waals surface area contributed by atoms with Crippen molar-refractivity contribution in [2.75, 3.05) is 0 Å². The van der Waals surface area contributed by atoms with Gasteiger partial charge >= 0.3 is 0 Å². The Morgan fingerprint density at radius 2 is 2.26 bits per heavy atom. The number of carbonyl (C=O) groups excluding carboxylic acids is 1. The summed E-state index contributed by atoms with van der Waals surface area (Å²) in [6.45, 7) is 0. The maximum Gasteiger partial charge on any atom is 0.234 e. The molecule has 1 saturated carbocycles. The maximum absolute atomic E-state index is 13.0. The highest BCUT2D eigenvalue weighted by molar-refractivity contribution is 9.10. The third-order valence-electron chi connectivity index (χ3n) is 3.00. The SMILES string of the molecule is O=C(Cc1nc(-c2ccc(F)cc2Br)no1)C1CC1. The molecule has 1 heterocycles. The fourth-order valence-corrected chi connectivity index (χ4v) is 2.33. The van der Waals surface area contributed by atoms with Crippen molar-refractivity contribution in [1.29, 1.82) is 0 Å². The number of hydrogen-bond donors (Lipinski definition) is 0. The molecular formula is C13H10BrFN2O2. The molecule has 0 N–H and O–H groups in total. The Labute approximate surface area is 117 Å². The Hall–Kier alpha value is -1.56. The molecule has 0 unspecified atom stereocenters. The lowest BCUT2D eigenvalue weighted by Gasteiger charge is -1.98. The van der Waals surface area contributed by atoms with E-state index in [4.69, 9.17) is 4.52 Å². The van der Waals surface area contributed by atoms with E-state index < -0.39 is 0 Å². The largest absolute Gasteiger partial charge is 0.338 e. The molecule has 0 bridgehead atoms. The van der Waals surface area contributed by atoms with E-state index >= 15 is 0 Å². The first-order valence-corrected chi connectivity index (χ1v) is 6.73. The predicted octanol–water partition coefficient (Wildman–Crippen LogP) is 3.16. The van der Waals surface area contributed by atoms with Crippen LogP contribution in [-0.4, -0.2) is 15.9 Å². The molecule has 0 amide bonds. The number of halogens is 2. The Kier molecular flexibility index (Phi) is 3.18. The van der Waals surface area contributed by atoms with Gasteiger partial charge in [-0.05, 0) is 47.0 Å². The Morgan fingerprint density at radius 1 is 1.47 bits per heavy atom. The number of rotatable bonds is 4. The lowest BCUT2D eigenvalue weighted by Crippen LogP contribution is -2.04. The second-order valence-electron chi connectivity index (χ2n) is 4.55. The van der Waals surface area contributed by atoms with E-state index in [0.29, 0.717) is 21.8 Å². The third kappa shape index (κ3) is 2.73. The van der Waals surface area contributed by atoms with Gasteiger partial charge in [0.15, 0.2) is 0 Å². The van der Waals surface area contributed by atoms with Crippen LogP contribution in [0.4, 0.5) is 4.39 Å². The van der Waals surface area contributed by atoms with Crippen molar-refractivity contribution < 1.29 is 13.7 Å². The predicted molar refractivity (Wildman–Crippen MR) is 68.8 cm³/mol. The lowest BCUT2D eigenvalue weighted by atomic mass is 10.2. The van der Waals surface area contributed by atoms with Crippen molar-refractivity contribution >= 4 is 21.7 Å². The quantitative estimate of drug-likeness (QED) is 0.866. The van der Waals surface area contributed by atoms with E-state index in [0.717, 1.165) is 12.8 Å². The summed E-state index contributed by atoms with van der Waals surface area (Å²) in [5.41, 5.74) is 0.635. The first-order chi connectivity index (χ1) is 9.13. The fraction of sp³-hybridized carbons (Fsp3) is 0.308. The summed E-state index contributed by atoms with van der Waals surface area (Å²) in [5, 5.41) is 3.82. The standard InChI is InChI=1S/C13H10BrFN2O2/c14-10-5-8(15)3-4-9(10)13-16-12(19-17-13)6-11(18)7-1-2-7/h3-5,7H,1-2,6H2. The van der Waals surface area contributed by atoms with Gasteiger partial charge in [0.25, 0.3) is 0 Å². The molecule has 0 radical (unpaired) electrons. The molecule has 2 aromatic rings. The van der Waals surface area contributed by atoms with Crippen LogP contribution in [0.3, 0.4) is 0 Å². The average molecular weight is 325 g/mol. The van der Waals surface area contributed by atoms with E-state index in [1.165, 1.54) is 12.1 Å². The van der Waals surface area contributed by atoms with Crippen molar-refractivity contribution in [2.24, 2.45) is 5.92 Å². The topological polar surface area (TPSA) is 56.0 Å². The zero-order valence-electron chi connectivity index (χ0n) is 9.90. The average Bonchev–Trinajstić information content (AvgIpc) is 3.11. The number of carbonyl (C=O) groups is 1.